The van der Waals surface area contributed by atoms with Crippen LogP contribution in [0.4, 0.5) is 0 Å². The zero-order valence-electron chi connectivity index (χ0n) is 16.3. The molecule has 0 aliphatic carbocycles. The number of carbonyl (C=O) groups is 1. The van der Waals surface area contributed by atoms with Crippen LogP contribution in [-0.4, -0.2) is 87.1 Å². The summed E-state index contributed by atoms with van der Waals surface area (Å²) in [6, 6.07) is 3.93. The van der Waals surface area contributed by atoms with E-state index in [9.17, 15) is 30.3 Å². The summed E-state index contributed by atoms with van der Waals surface area (Å²) in [6.45, 7) is 0.916. The Kier molecular flexibility index (Phi) is 8.78. The van der Waals surface area contributed by atoms with Crippen molar-refractivity contribution in [1.29, 1.82) is 0 Å². The molecule has 10 heteroatoms. The molecule has 0 saturated carbocycles. The van der Waals surface area contributed by atoms with Gasteiger partial charge in [-0.2, -0.15) is 0 Å². The van der Waals surface area contributed by atoms with Crippen molar-refractivity contribution >= 4 is 12.0 Å². The molecule has 0 aromatic heterocycles. The van der Waals surface area contributed by atoms with Crippen molar-refractivity contribution in [2.75, 3.05) is 19.8 Å². The van der Waals surface area contributed by atoms with Crippen LogP contribution in [0, 0.1) is 0 Å². The molecule has 10 nitrogen and oxygen atoms in total. The van der Waals surface area contributed by atoms with Gasteiger partial charge in [0.05, 0.1) is 19.8 Å². The van der Waals surface area contributed by atoms with Crippen LogP contribution in [-0.2, 0) is 19.0 Å². The number of phenolic OH excluding ortho intramolecular Hbond substituents is 2. The molecule has 1 aromatic rings. The van der Waals surface area contributed by atoms with Gasteiger partial charge < -0.3 is 44.8 Å². The number of aromatic hydroxyl groups is 2. The number of esters is 1. The first-order chi connectivity index (χ1) is 14.3. The number of carbonyl (C=O) groups excluding carboxylic acids is 1. The van der Waals surface area contributed by atoms with E-state index in [1.807, 2.05) is 0 Å². The number of rotatable bonds is 8. The summed E-state index contributed by atoms with van der Waals surface area (Å²) in [4.78, 5) is 12.1. The molecule has 166 valence electrons. The van der Waals surface area contributed by atoms with Crippen LogP contribution >= 0.6 is 0 Å². The first kappa shape index (κ1) is 23.8. The highest BCUT2D eigenvalue weighted by molar-refractivity contribution is 5.87. The fourth-order valence-electron chi connectivity index (χ4n) is 2.75. The molecule has 1 heterocycles. The molecule has 0 spiro atoms. The molecule has 2 rings (SSSR count). The van der Waals surface area contributed by atoms with Crippen LogP contribution in [0.5, 0.6) is 11.5 Å². The Bertz CT molecular complexity index is 773. The van der Waals surface area contributed by atoms with E-state index in [-0.39, 0.29) is 24.7 Å². The van der Waals surface area contributed by atoms with E-state index in [0.29, 0.717) is 11.1 Å². The topological polar surface area (TPSA) is 166 Å². The molecule has 30 heavy (non-hydrogen) atoms. The second-order valence-electron chi connectivity index (χ2n) is 6.73. The Balaban J connectivity index is 2.00. The van der Waals surface area contributed by atoms with E-state index in [4.69, 9.17) is 19.3 Å². The molecule has 1 saturated heterocycles. The molecular formula is C20H26O10. The minimum Gasteiger partial charge on any atom is -0.504 e. The number of aliphatic hydroxyl groups excluding tert-OH is 4. The van der Waals surface area contributed by atoms with Gasteiger partial charge in [-0.15, -0.1) is 0 Å². The average Bonchev–Trinajstić information content (AvgIpc) is 2.72. The Morgan fingerprint density at radius 3 is 2.53 bits per heavy atom. The van der Waals surface area contributed by atoms with Gasteiger partial charge in [0.15, 0.2) is 23.9 Å². The molecule has 0 radical (unpaired) electrons. The summed E-state index contributed by atoms with van der Waals surface area (Å²) in [5.41, 5.74) is 1.07. The summed E-state index contributed by atoms with van der Waals surface area (Å²) < 4.78 is 15.9. The molecule has 0 amide bonds. The normalized spacial score (nSPS) is 27.4. The summed E-state index contributed by atoms with van der Waals surface area (Å²) in [5, 5.41) is 57.7. The van der Waals surface area contributed by atoms with Crippen LogP contribution in [0.25, 0.3) is 6.08 Å². The highest BCUT2D eigenvalue weighted by atomic mass is 16.7. The van der Waals surface area contributed by atoms with E-state index in [0.717, 1.165) is 6.08 Å². The molecule has 1 aromatic carbocycles. The summed E-state index contributed by atoms with van der Waals surface area (Å²) in [7, 11) is 0. The lowest BCUT2D eigenvalue weighted by molar-refractivity contribution is -0.300. The first-order valence-corrected chi connectivity index (χ1v) is 9.18. The van der Waals surface area contributed by atoms with Crippen molar-refractivity contribution < 1.29 is 49.6 Å². The maximum Gasteiger partial charge on any atom is 0.331 e. The minimum absolute atomic E-state index is 0.0137. The van der Waals surface area contributed by atoms with E-state index >= 15 is 0 Å². The lowest BCUT2D eigenvalue weighted by Gasteiger charge is -2.41. The van der Waals surface area contributed by atoms with E-state index in [1.54, 1.807) is 6.92 Å². The molecule has 5 atom stereocenters. The summed E-state index contributed by atoms with van der Waals surface area (Å²) >= 11 is 0. The third-order valence-electron chi connectivity index (χ3n) is 4.40. The van der Waals surface area contributed by atoms with Crippen molar-refractivity contribution in [2.24, 2.45) is 0 Å². The van der Waals surface area contributed by atoms with Crippen LogP contribution in [0.3, 0.4) is 0 Å². The average molecular weight is 426 g/mol. The van der Waals surface area contributed by atoms with Crippen LogP contribution in [0.15, 0.2) is 35.9 Å². The summed E-state index contributed by atoms with van der Waals surface area (Å²) in [5.74, 6) is -1.56. The number of ether oxygens (including phenoxy) is 3. The Labute approximate surface area is 172 Å². The van der Waals surface area contributed by atoms with Gasteiger partial charge in [0.1, 0.15) is 18.3 Å². The van der Waals surface area contributed by atoms with Gasteiger partial charge in [0.2, 0.25) is 0 Å². The highest BCUT2D eigenvalue weighted by Gasteiger charge is 2.46. The Morgan fingerprint density at radius 2 is 1.90 bits per heavy atom. The number of benzene rings is 1. The number of hydrogen-bond acceptors (Lipinski definition) is 10. The SMILES string of the molecule is C/C(=C\CO)CO[C@@H]1O[C@H](CO)[C@@H](OC(=O)/C=C/c2ccc(O)c(O)c2)[C@@H](O)[C@H]1O. The van der Waals surface area contributed by atoms with Gasteiger partial charge in [0, 0.05) is 6.08 Å². The van der Waals surface area contributed by atoms with Gasteiger partial charge in [-0.05, 0) is 36.3 Å². The zero-order valence-corrected chi connectivity index (χ0v) is 16.3. The number of hydrogen-bond donors (Lipinski definition) is 6. The highest BCUT2D eigenvalue weighted by Crippen LogP contribution is 2.26. The third-order valence-corrected chi connectivity index (χ3v) is 4.40. The van der Waals surface area contributed by atoms with Crippen molar-refractivity contribution in [3.05, 3.63) is 41.5 Å². The molecule has 0 bridgehead atoms. The second kappa shape index (κ2) is 11.1. The van der Waals surface area contributed by atoms with Crippen molar-refractivity contribution in [3.63, 3.8) is 0 Å². The van der Waals surface area contributed by atoms with Crippen LogP contribution in [0.2, 0.25) is 0 Å². The molecule has 6 N–H and O–H groups in total. The standard InChI is InChI=1S/C20H26O10/c1-11(6-7-21)10-28-20-18(27)17(26)19(15(9-22)29-20)30-16(25)5-3-12-2-4-13(23)14(24)8-12/h2-6,8,15,17-24,26-27H,7,9-10H2,1H3/b5-3+,11-6+/t15-,17+,18-,19-,20-/m1/s1. The van der Waals surface area contributed by atoms with Crippen LogP contribution in [0.1, 0.15) is 12.5 Å². The van der Waals surface area contributed by atoms with Crippen molar-refractivity contribution in [1.82, 2.24) is 0 Å². The number of aliphatic hydroxyl groups is 4. The maximum absolute atomic E-state index is 12.1. The van der Waals surface area contributed by atoms with E-state index in [2.05, 4.69) is 0 Å². The fourth-order valence-corrected chi connectivity index (χ4v) is 2.75. The van der Waals surface area contributed by atoms with E-state index < -0.39 is 43.3 Å². The van der Waals surface area contributed by atoms with E-state index in [1.165, 1.54) is 30.4 Å². The molecule has 1 aliphatic heterocycles. The quantitative estimate of drug-likeness (QED) is 0.137. The number of phenols is 2. The minimum atomic E-state index is -1.59. The fraction of sp³-hybridized carbons (Fsp3) is 0.450. The summed E-state index contributed by atoms with van der Waals surface area (Å²) in [6.07, 6.45) is -3.09. The predicted octanol–water partition coefficient (Wildman–Crippen LogP) is -0.583. The third kappa shape index (κ3) is 6.26. The Hall–Kier alpha value is -2.47. The monoisotopic (exact) mass is 426 g/mol. The smallest absolute Gasteiger partial charge is 0.331 e. The largest absolute Gasteiger partial charge is 0.504 e. The van der Waals surface area contributed by atoms with Crippen molar-refractivity contribution in [2.45, 2.75) is 37.6 Å². The lowest BCUT2D eigenvalue weighted by Crippen LogP contribution is -2.60. The zero-order chi connectivity index (χ0) is 22.3. The van der Waals surface area contributed by atoms with Gasteiger partial charge in [0.25, 0.3) is 0 Å². The molecule has 0 unspecified atom stereocenters. The second-order valence-corrected chi connectivity index (χ2v) is 6.73. The van der Waals surface area contributed by atoms with Gasteiger partial charge in [-0.3, -0.25) is 0 Å². The van der Waals surface area contributed by atoms with Crippen LogP contribution < -0.4 is 0 Å². The Morgan fingerprint density at radius 1 is 1.17 bits per heavy atom. The molecular weight excluding hydrogens is 400 g/mol. The molecule has 1 fully saturated rings. The van der Waals surface area contributed by atoms with Crippen molar-refractivity contribution in [3.8, 4) is 11.5 Å². The lowest BCUT2D eigenvalue weighted by atomic mass is 9.99. The van der Waals surface area contributed by atoms with Gasteiger partial charge in [-0.25, -0.2) is 4.79 Å². The van der Waals surface area contributed by atoms with Gasteiger partial charge >= 0.3 is 5.97 Å². The predicted molar refractivity (Wildman–Crippen MR) is 103 cm³/mol. The maximum atomic E-state index is 12.1. The van der Waals surface area contributed by atoms with Gasteiger partial charge in [-0.1, -0.05) is 12.1 Å². The molecule has 1 aliphatic rings. The first-order valence-electron chi connectivity index (χ1n) is 9.18.